The van der Waals surface area contributed by atoms with Crippen LogP contribution in [0.2, 0.25) is 0 Å². The zero-order valence-electron chi connectivity index (χ0n) is 6.82. The van der Waals surface area contributed by atoms with Gasteiger partial charge in [-0.3, -0.25) is 0 Å². The van der Waals surface area contributed by atoms with Crippen molar-refractivity contribution in [3.63, 3.8) is 0 Å². The summed E-state index contributed by atoms with van der Waals surface area (Å²) in [5, 5.41) is 11.4. The van der Waals surface area contributed by atoms with Crippen LogP contribution in [0.15, 0.2) is 12.5 Å². The number of nitrogens with zero attached hydrogens (tertiary/aromatic N) is 1. The van der Waals surface area contributed by atoms with Crippen molar-refractivity contribution in [1.82, 2.24) is 9.97 Å². The molecule has 0 saturated carbocycles. The molecule has 0 aromatic carbocycles. The summed E-state index contributed by atoms with van der Waals surface area (Å²) in [6.45, 7) is 0. The fourth-order valence-corrected chi connectivity index (χ4v) is 0.840. The van der Waals surface area contributed by atoms with Crippen LogP contribution in [0.1, 0.15) is 6.42 Å². The average Bonchev–Trinajstić information content (AvgIpc) is 2.56. The first kappa shape index (κ1) is 9.13. The van der Waals surface area contributed by atoms with Gasteiger partial charge < -0.3 is 15.4 Å². The van der Waals surface area contributed by atoms with Crippen LogP contribution in [-0.2, 0) is 4.79 Å². The predicted molar refractivity (Wildman–Crippen MR) is 47.1 cm³/mol. The minimum atomic E-state index is -0.979. The Morgan fingerprint density at radius 2 is 2.69 bits per heavy atom. The number of carboxylic acid groups (broad SMARTS) is 1. The van der Waals surface area contributed by atoms with Gasteiger partial charge in [-0.1, -0.05) is 0 Å². The summed E-state index contributed by atoms with van der Waals surface area (Å²) >= 11 is 0. The second-order valence-electron chi connectivity index (χ2n) is 2.41. The lowest BCUT2D eigenvalue weighted by Gasteiger charge is -2.10. The molecule has 0 aliphatic rings. The van der Waals surface area contributed by atoms with E-state index < -0.39 is 12.0 Å². The third-order valence-corrected chi connectivity index (χ3v) is 1.45. The first-order chi connectivity index (χ1) is 6.24. The molecule has 0 saturated heterocycles. The minimum absolute atomic E-state index is 0.133. The molecule has 5 nitrogen and oxygen atoms in total. The molecule has 1 atom stereocenters. The van der Waals surface area contributed by atoms with Crippen molar-refractivity contribution in [3.8, 4) is 12.3 Å². The number of H-pyrrole nitrogens is 1. The van der Waals surface area contributed by atoms with Gasteiger partial charge in [0.25, 0.3) is 0 Å². The van der Waals surface area contributed by atoms with Gasteiger partial charge in [0.15, 0.2) is 0 Å². The number of hydrogen-bond donors (Lipinski definition) is 3. The van der Waals surface area contributed by atoms with Crippen LogP contribution in [0.3, 0.4) is 0 Å². The van der Waals surface area contributed by atoms with E-state index >= 15 is 0 Å². The van der Waals surface area contributed by atoms with Crippen molar-refractivity contribution in [2.45, 2.75) is 12.5 Å². The number of carboxylic acids is 1. The summed E-state index contributed by atoms with van der Waals surface area (Å²) in [7, 11) is 0. The van der Waals surface area contributed by atoms with Gasteiger partial charge in [-0.15, -0.1) is 12.3 Å². The Labute approximate surface area is 75.2 Å². The smallest absolute Gasteiger partial charge is 0.327 e. The molecule has 68 valence electrons. The van der Waals surface area contributed by atoms with Crippen molar-refractivity contribution < 1.29 is 9.90 Å². The minimum Gasteiger partial charge on any atom is -0.480 e. The van der Waals surface area contributed by atoms with E-state index in [1.54, 1.807) is 0 Å². The van der Waals surface area contributed by atoms with E-state index in [9.17, 15) is 4.79 Å². The van der Waals surface area contributed by atoms with Crippen LogP contribution in [0, 0.1) is 12.3 Å². The summed E-state index contributed by atoms with van der Waals surface area (Å²) in [5.74, 6) is 1.85. The molecule has 0 fully saturated rings. The number of terminal acetylenes is 1. The van der Waals surface area contributed by atoms with Crippen LogP contribution in [0.5, 0.6) is 0 Å². The van der Waals surface area contributed by atoms with E-state index in [-0.39, 0.29) is 6.42 Å². The van der Waals surface area contributed by atoms with E-state index in [2.05, 4.69) is 21.2 Å². The molecule has 1 unspecified atom stereocenters. The molecular weight excluding hydrogens is 170 g/mol. The molecule has 1 heterocycles. The maximum absolute atomic E-state index is 10.6. The third kappa shape index (κ3) is 2.52. The maximum Gasteiger partial charge on any atom is 0.327 e. The van der Waals surface area contributed by atoms with Gasteiger partial charge >= 0.3 is 5.97 Å². The largest absolute Gasteiger partial charge is 0.480 e. The zero-order chi connectivity index (χ0) is 9.68. The van der Waals surface area contributed by atoms with Gasteiger partial charge in [-0.2, -0.15) is 0 Å². The predicted octanol–water partition coefficient (Wildman–Crippen LogP) is 0.298. The lowest BCUT2D eigenvalue weighted by Crippen LogP contribution is -2.28. The molecule has 0 radical (unpaired) electrons. The zero-order valence-corrected chi connectivity index (χ0v) is 6.82. The summed E-state index contributed by atoms with van der Waals surface area (Å²) in [4.78, 5) is 17.1. The third-order valence-electron chi connectivity index (χ3n) is 1.45. The van der Waals surface area contributed by atoms with Crippen molar-refractivity contribution in [2.75, 3.05) is 5.32 Å². The number of carbonyl (C=O) groups is 1. The molecule has 5 heteroatoms. The van der Waals surface area contributed by atoms with Gasteiger partial charge in [0.1, 0.15) is 11.9 Å². The van der Waals surface area contributed by atoms with Crippen molar-refractivity contribution in [1.29, 1.82) is 0 Å². The van der Waals surface area contributed by atoms with E-state index in [0.29, 0.717) is 5.82 Å². The molecule has 3 N–H and O–H groups in total. The average molecular weight is 179 g/mol. The van der Waals surface area contributed by atoms with Crippen molar-refractivity contribution in [2.24, 2.45) is 0 Å². The molecule has 1 aromatic heterocycles. The van der Waals surface area contributed by atoms with Gasteiger partial charge in [-0.05, 0) is 0 Å². The summed E-state index contributed by atoms with van der Waals surface area (Å²) in [5.41, 5.74) is 0. The van der Waals surface area contributed by atoms with Crippen molar-refractivity contribution >= 4 is 11.8 Å². The second kappa shape index (κ2) is 4.16. The number of rotatable bonds is 4. The van der Waals surface area contributed by atoms with Gasteiger partial charge in [0, 0.05) is 6.42 Å². The molecule has 0 spiro atoms. The molecule has 0 amide bonds. The second-order valence-corrected chi connectivity index (χ2v) is 2.41. The Morgan fingerprint density at radius 3 is 3.15 bits per heavy atom. The first-order valence-electron chi connectivity index (χ1n) is 3.65. The van der Waals surface area contributed by atoms with E-state index in [1.807, 2.05) is 0 Å². The normalized spacial score (nSPS) is 11.6. The molecule has 0 aliphatic carbocycles. The fraction of sp³-hybridized carbons (Fsp3) is 0.250. The standard InChI is InChI=1S/C8H9N3O2/c1-2-3-6(8(12)13)11-7-4-9-5-10-7/h1,4-6,11H,3H2,(H,9,10)(H,12,13). The summed E-state index contributed by atoms with van der Waals surface area (Å²) in [6.07, 6.45) is 8.10. The summed E-state index contributed by atoms with van der Waals surface area (Å²) < 4.78 is 0. The summed E-state index contributed by atoms with van der Waals surface area (Å²) in [6, 6.07) is -0.773. The molecular formula is C8H9N3O2. The van der Waals surface area contributed by atoms with Gasteiger partial charge in [0.2, 0.25) is 0 Å². The van der Waals surface area contributed by atoms with Crippen LogP contribution < -0.4 is 5.32 Å². The van der Waals surface area contributed by atoms with E-state index in [4.69, 9.17) is 11.5 Å². The highest BCUT2D eigenvalue weighted by atomic mass is 16.4. The first-order valence-corrected chi connectivity index (χ1v) is 3.65. The molecule has 1 aromatic rings. The topological polar surface area (TPSA) is 78.0 Å². The van der Waals surface area contributed by atoms with Gasteiger partial charge in [-0.25, -0.2) is 9.78 Å². The van der Waals surface area contributed by atoms with Crippen LogP contribution in [0.4, 0.5) is 5.82 Å². The highest BCUT2D eigenvalue weighted by Crippen LogP contribution is 2.03. The van der Waals surface area contributed by atoms with E-state index in [1.165, 1.54) is 12.5 Å². The van der Waals surface area contributed by atoms with Crippen molar-refractivity contribution in [3.05, 3.63) is 12.5 Å². The molecule has 1 rings (SSSR count). The molecule has 13 heavy (non-hydrogen) atoms. The number of hydrogen-bond acceptors (Lipinski definition) is 3. The monoisotopic (exact) mass is 179 g/mol. The quantitative estimate of drug-likeness (QED) is 0.581. The Hall–Kier alpha value is -1.96. The Bertz CT molecular complexity index is 313. The highest BCUT2D eigenvalue weighted by Gasteiger charge is 2.15. The Morgan fingerprint density at radius 1 is 1.92 bits per heavy atom. The highest BCUT2D eigenvalue weighted by molar-refractivity contribution is 5.77. The Balaban J connectivity index is 2.59. The number of imidazole rings is 1. The number of aromatic nitrogens is 2. The van der Waals surface area contributed by atoms with Crippen LogP contribution in [0.25, 0.3) is 0 Å². The van der Waals surface area contributed by atoms with Gasteiger partial charge in [0.05, 0.1) is 12.5 Å². The maximum atomic E-state index is 10.6. The molecule has 0 aliphatic heterocycles. The lowest BCUT2D eigenvalue weighted by molar-refractivity contribution is -0.137. The number of aliphatic carboxylic acids is 1. The fourth-order valence-electron chi connectivity index (χ4n) is 0.840. The van der Waals surface area contributed by atoms with E-state index in [0.717, 1.165) is 0 Å². The Kier molecular flexibility index (Phi) is 2.92. The SMILES string of the molecule is C#CCC(Nc1cnc[nH]1)C(=O)O. The van der Waals surface area contributed by atoms with Crippen LogP contribution in [-0.4, -0.2) is 27.1 Å². The number of anilines is 1. The molecule has 0 bridgehead atoms. The number of aromatic amines is 1. The van der Waals surface area contributed by atoms with Crippen LogP contribution >= 0.6 is 0 Å². The lowest BCUT2D eigenvalue weighted by atomic mass is 10.2. The number of nitrogens with one attached hydrogen (secondary N) is 2.